The standard InChI is InChI=1S/C12H17.BrH.ClH.Li.Mg/c1-9(2)11-6-5-7-12(8-11)10(3)4;;;;/h5-7,9-10H,1-4H3;2*1H;;/q;;;2*+1/p-2. The third kappa shape index (κ3) is 5.80. The quantitative estimate of drug-likeness (QED) is 0.477. The molecule has 0 radical (unpaired) electrons. The van der Waals surface area contributed by atoms with Crippen LogP contribution in [-0.4, -0.2) is 21.7 Å². The Morgan fingerprint density at radius 2 is 1.25 bits per heavy atom. The Balaban J connectivity index is -0.000000563. The van der Waals surface area contributed by atoms with E-state index in [4.69, 9.17) is 0 Å². The minimum Gasteiger partial charge on any atom is -1.00 e. The van der Waals surface area contributed by atoms with Crippen molar-refractivity contribution in [3.63, 3.8) is 0 Å². The average Bonchev–Trinajstić information content (AvgIpc) is 2.03. The van der Waals surface area contributed by atoms with E-state index in [1.807, 2.05) is 21.7 Å². The van der Waals surface area contributed by atoms with Crippen LogP contribution in [0.5, 0.6) is 0 Å². The van der Waals surface area contributed by atoms with Gasteiger partial charge in [-0.3, -0.25) is 0 Å². The summed E-state index contributed by atoms with van der Waals surface area (Å²) in [4.78, 5) is 0. The number of hydrogen-bond donors (Lipinski definition) is 0. The van der Waals surface area contributed by atoms with E-state index in [-0.39, 0.29) is 48.2 Å². The largest absolute Gasteiger partial charge is 1.00 e. The van der Waals surface area contributed by atoms with E-state index in [1.165, 1.54) is 14.8 Å². The normalized spacial score (nSPS) is 9.25. The maximum Gasteiger partial charge on any atom is 1.00 e. The molecule has 1 aromatic carbocycles. The zero-order valence-corrected chi connectivity index (χ0v) is 14.6. The van der Waals surface area contributed by atoms with E-state index in [2.05, 4.69) is 45.9 Å². The Morgan fingerprint density at radius 1 is 0.938 bits per heavy atom. The van der Waals surface area contributed by atoms with Gasteiger partial charge in [0.2, 0.25) is 0 Å². The molecule has 0 spiro atoms. The van der Waals surface area contributed by atoms with Gasteiger partial charge in [0.05, 0.1) is 0 Å². The van der Waals surface area contributed by atoms with Crippen LogP contribution >= 0.6 is 0 Å². The van der Waals surface area contributed by atoms with Crippen molar-refractivity contribution in [3.8, 4) is 0 Å². The summed E-state index contributed by atoms with van der Waals surface area (Å²) in [6.07, 6.45) is 0. The first-order chi connectivity index (χ1) is 6.04. The molecule has 0 bridgehead atoms. The van der Waals surface area contributed by atoms with Crippen molar-refractivity contribution in [2.24, 2.45) is 0 Å². The molecule has 0 aromatic heterocycles. The predicted octanol–water partition coefficient (Wildman–Crippen LogP) is -6.26. The van der Waals surface area contributed by atoms with E-state index in [1.54, 1.807) is 0 Å². The molecule has 1 rings (SSSR count). The SMILES string of the molecule is CC(C)c1cccc(C(C)C)[c]1[Mg+].[Br-].[Cl-].[Li+]. The number of benzene rings is 1. The van der Waals surface area contributed by atoms with Crippen molar-refractivity contribution in [2.45, 2.75) is 39.5 Å². The Morgan fingerprint density at radius 3 is 1.50 bits per heavy atom. The molecule has 0 aliphatic carbocycles. The molecule has 0 N–H and O–H groups in total. The second kappa shape index (κ2) is 10.3. The predicted molar refractivity (Wildman–Crippen MR) is 60.0 cm³/mol. The molecule has 0 saturated carbocycles. The fraction of sp³-hybridized carbons (Fsp3) is 0.500. The monoisotopic (exact) mass is 306 g/mol. The van der Waals surface area contributed by atoms with Crippen LogP contribution in [0.2, 0.25) is 0 Å². The van der Waals surface area contributed by atoms with Crippen LogP contribution in [0.15, 0.2) is 18.2 Å². The van der Waals surface area contributed by atoms with E-state index in [9.17, 15) is 0 Å². The van der Waals surface area contributed by atoms with E-state index in [0.717, 1.165) is 0 Å². The van der Waals surface area contributed by atoms with Crippen molar-refractivity contribution >= 4 is 25.4 Å². The summed E-state index contributed by atoms with van der Waals surface area (Å²) in [5.41, 5.74) is 3.01. The second-order valence-corrected chi connectivity index (χ2v) is 4.93. The molecule has 0 saturated heterocycles. The third-order valence-electron chi connectivity index (χ3n) is 2.49. The molecule has 0 atom stereocenters. The number of rotatable bonds is 2. The van der Waals surface area contributed by atoms with Gasteiger partial charge in [-0.15, -0.1) is 0 Å². The van der Waals surface area contributed by atoms with Crippen molar-refractivity contribution in [1.82, 2.24) is 0 Å². The van der Waals surface area contributed by atoms with Crippen LogP contribution in [0.25, 0.3) is 0 Å². The molecule has 0 aliphatic rings. The fourth-order valence-corrected chi connectivity index (χ4v) is 2.76. The van der Waals surface area contributed by atoms with Crippen LogP contribution < -0.4 is 51.9 Å². The first-order valence-electron chi connectivity index (χ1n) is 4.98. The minimum absolute atomic E-state index is 0. The van der Waals surface area contributed by atoms with Crippen LogP contribution in [0.1, 0.15) is 50.7 Å². The van der Waals surface area contributed by atoms with Gasteiger partial charge in [-0.05, 0) is 0 Å². The Kier molecular flexibility index (Phi) is 14.5. The van der Waals surface area contributed by atoms with Gasteiger partial charge in [0.1, 0.15) is 0 Å². The molecule has 82 valence electrons. The minimum atomic E-state index is 0. The molecule has 0 aliphatic heterocycles. The zero-order valence-electron chi connectivity index (χ0n) is 10.8. The molecular formula is C12H17BrClLiMg. The van der Waals surface area contributed by atoms with Gasteiger partial charge in [-0.2, -0.15) is 0 Å². The van der Waals surface area contributed by atoms with Gasteiger partial charge in [0.25, 0.3) is 0 Å². The van der Waals surface area contributed by atoms with Gasteiger partial charge in [-0.25, -0.2) is 0 Å². The summed E-state index contributed by atoms with van der Waals surface area (Å²) < 4.78 is 1.51. The van der Waals surface area contributed by atoms with E-state index in [0.29, 0.717) is 11.8 Å². The maximum absolute atomic E-state index is 2.26. The Bertz CT molecular complexity index is 277. The van der Waals surface area contributed by atoms with Gasteiger partial charge in [0.15, 0.2) is 0 Å². The van der Waals surface area contributed by atoms with Crippen molar-refractivity contribution in [2.75, 3.05) is 0 Å². The van der Waals surface area contributed by atoms with Crippen LogP contribution in [0.3, 0.4) is 0 Å². The average molecular weight is 308 g/mol. The summed E-state index contributed by atoms with van der Waals surface area (Å²) in [6, 6.07) is 6.68. The van der Waals surface area contributed by atoms with Gasteiger partial charge < -0.3 is 29.4 Å². The van der Waals surface area contributed by atoms with Crippen LogP contribution in [0, 0.1) is 0 Å². The first kappa shape index (κ1) is 22.5. The molecule has 0 nitrogen and oxygen atoms in total. The van der Waals surface area contributed by atoms with E-state index >= 15 is 0 Å². The summed E-state index contributed by atoms with van der Waals surface area (Å²) in [6.45, 7) is 9.04. The summed E-state index contributed by atoms with van der Waals surface area (Å²) in [5.74, 6) is 1.29. The van der Waals surface area contributed by atoms with Crippen LogP contribution in [-0.2, 0) is 0 Å². The van der Waals surface area contributed by atoms with Crippen LogP contribution in [0.4, 0.5) is 0 Å². The topological polar surface area (TPSA) is 0 Å². The maximum atomic E-state index is 2.26. The van der Waals surface area contributed by atoms with Gasteiger partial charge >= 0.3 is 113 Å². The first-order valence-corrected chi connectivity index (χ1v) is 5.69. The second-order valence-electron chi connectivity index (χ2n) is 4.22. The summed E-state index contributed by atoms with van der Waals surface area (Å²) in [7, 11) is 0. The fourth-order valence-electron chi connectivity index (χ4n) is 1.71. The Hall–Kier alpha value is 1.35. The molecule has 16 heavy (non-hydrogen) atoms. The Labute approximate surface area is 141 Å². The van der Waals surface area contributed by atoms with Crippen molar-refractivity contribution in [1.29, 1.82) is 0 Å². The number of halogens is 2. The van der Waals surface area contributed by atoms with E-state index < -0.39 is 0 Å². The molecule has 1 aromatic rings. The summed E-state index contributed by atoms with van der Waals surface area (Å²) >= 11 is 2.03. The molecule has 4 heteroatoms. The molecule has 0 amide bonds. The molecule has 0 fully saturated rings. The third-order valence-corrected chi connectivity index (χ3v) is 3.31. The zero-order chi connectivity index (χ0) is 10.0. The number of hydrogen-bond acceptors (Lipinski definition) is 0. The molecule has 0 heterocycles. The summed E-state index contributed by atoms with van der Waals surface area (Å²) in [5, 5.41) is 0. The molecule has 0 unspecified atom stereocenters. The van der Waals surface area contributed by atoms with Crippen molar-refractivity contribution in [3.05, 3.63) is 29.3 Å². The molecular weight excluding hydrogens is 291 g/mol. The smallest absolute Gasteiger partial charge is 1.00 e. The van der Waals surface area contributed by atoms with Gasteiger partial charge in [-0.1, -0.05) is 0 Å². The van der Waals surface area contributed by atoms with Crippen molar-refractivity contribution < 1.29 is 48.2 Å². The van der Waals surface area contributed by atoms with Gasteiger partial charge in [0, 0.05) is 0 Å².